The van der Waals surface area contributed by atoms with Crippen LogP contribution in [-0.4, -0.2) is 21.7 Å². The minimum Gasteiger partial charge on any atom is -0.298 e. The Bertz CT molecular complexity index is 385. The SMILES string of the molecule is Cc1nccc(CNC2(C(F)(F)F)CC2)n1. The maximum Gasteiger partial charge on any atom is 0.406 e. The van der Waals surface area contributed by atoms with Crippen molar-refractivity contribution in [3.8, 4) is 0 Å². The van der Waals surface area contributed by atoms with E-state index in [4.69, 9.17) is 0 Å². The molecule has 0 radical (unpaired) electrons. The van der Waals surface area contributed by atoms with Crippen molar-refractivity contribution >= 4 is 0 Å². The average molecular weight is 231 g/mol. The van der Waals surface area contributed by atoms with Crippen LogP contribution in [-0.2, 0) is 6.54 Å². The topological polar surface area (TPSA) is 37.8 Å². The number of aromatic nitrogens is 2. The lowest BCUT2D eigenvalue weighted by atomic mass is 10.2. The van der Waals surface area contributed by atoms with Crippen LogP contribution < -0.4 is 5.32 Å². The highest BCUT2D eigenvalue weighted by molar-refractivity contribution is 5.10. The van der Waals surface area contributed by atoms with Gasteiger partial charge in [-0.3, -0.25) is 5.32 Å². The Morgan fingerprint density at radius 1 is 1.44 bits per heavy atom. The standard InChI is InChI=1S/C10H12F3N3/c1-7-14-5-2-8(16-7)6-15-9(3-4-9)10(11,12)13/h2,5,15H,3-4,6H2,1H3. The third-order valence-corrected chi connectivity index (χ3v) is 2.73. The molecule has 1 aromatic heterocycles. The van der Waals surface area contributed by atoms with Gasteiger partial charge in [-0.15, -0.1) is 0 Å². The number of hydrogen-bond donors (Lipinski definition) is 1. The molecule has 3 nitrogen and oxygen atoms in total. The van der Waals surface area contributed by atoms with E-state index >= 15 is 0 Å². The van der Waals surface area contributed by atoms with Gasteiger partial charge in [-0.05, 0) is 25.8 Å². The number of alkyl halides is 3. The summed E-state index contributed by atoms with van der Waals surface area (Å²) in [5.74, 6) is 0.566. The van der Waals surface area contributed by atoms with Gasteiger partial charge in [0.2, 0.25) is 0 Å². The Hall–Kier alpha value is -1.17. The van der Waals surface area contributed by atoms with E-state index in [1.54, 1.807) is 19.2 Å². The molecular weight excluding hydrogens is 219 g/mol. The van der Waals surface area contributed by atoms with Gasteiger partial charge in [0.25, 0.3) is 0 Å². The number of rotatable bonds is 3. The molecule has 1 N–H and O–H groups in total. The quantitative estimate of drug-likeness (QED) is 0.864. The molecule has 0 amide bonds. The van der Waals surface area contributed by atoms with Crippen molar-refractivity contribution in [2.24, 2.45) is 0 Å². The zero-order chi connectivity index (χ0) is 11.8. The number of nitrogens with zero attached hydrogens (tertiary/aromatic N) is 2. The Balaban J connectivity index is 1.98. The summed E-state index contributed by atoms with van der Waals surface area (Å²) in [6.07, 6.45) is -2.32. The van der Waals surface area contributed by atoms with Gasteiger partial charge in [-0.1, -0.05) is 0 Å². The van der Waals surface area contributed by atoms with Crippen molar-refractivity contribution < 1.29 is 13.2 Å². The van der Waals surface area contributed by atoms with Crippen molar-refractivity contribution in [2.75, 3.05) is 0 Å². The Kier molecular flexibility index (Phi) is 2.61. The molecule has 1 aliphatic rings. The van der Waals surface area contributed by atoms with Crippen LogP contribution in [0.5, 0.6) is 0 Å². The predicted octanol–water partition coefficient (Wildman–Crippen LogP) is 1.97. The molecule has 88 valence electrons. The summed E-state index contributed by atoms with van der Waals surface area (Å²) in [5.41, 5.74) is -1.09. The fourth-order valence-electron chi connectivity index (χ4n) is 1.55. The van der Waals surface area contributed by atoms with E-state index < -0.39 is 11.7 Å². The zero-order valence-corrected chi connectivity index (χ0v) is 8.80. The molecule has 1 aliphatic carbocycles. The molecule has 0 aliphatic heterocycles. The summed E-state index contributed by atoms with van der Waals surface area (Å²) < 4.78 is 37.7. The molecule has 0 saturated heterocycles. The van der Waals surface area contributed by atoms with Gasteiger partial charge in [-0.25, -0.2) is 9.97 Å². The molecule has 6 heteroatoms. The number of hydrogen-bond acceptors (Lipinski definition) is 3. The van der Waals surface area contributed by atoms with Crippen LogP contribution in [0.25, 0.3) is 0 Å². The smallest absolute Gasteiger partial charge is 0.298 e. The maximum absolute atomic E-state index is 12.6. The first kappa shape index (κ1) is 11.3. The van der Waals surface area contributed by atoms with Crippen LogP contribution in [0.15, 0.2) is 12.3 Å². The summed E-state index contributed by atoms with van der Waals surface area (Å²) in [7, 11) is 0. The summed E-state index contributed by atoms with van der Waals surface area (Å²) in [6, 6.07) is 1.62. The molecule has 1 saturated carbocycles. The monoisotopic (exact) mass is 231 g/mol. The lowest BCUT2D eigenvalue weighted by molar-refractivity contribution is -0.166. The molecule has 0 bridgehead atoms. The van der Waals surface area contributed by atoms with Crippen LogP contribution in [0.3, 0.4) is 0 Å². The van der Waals surface area contributed by atoms with Crippen molar-refractivity contribution in [1.82, 2.24) is 15.3 Å². The molecule has 0 atom stereocenters. The van der Waals surface area contributed by atoms with Crippen molar-refractivity contribution in [1.29, 1.82) is 0 Å². The molecule has 0 aromatic carbocycles. The predicted molar refractivity (Wildman–Crippen MR) is 51.6 cm³/mol. The van der Waals surface area contributed by atoms with Crippen LogP contribution in [0.1, 0.15) is 24.4 Å². The van der Waals surface area contributed by atoms with E-state index in [0.717, 1.165) is 0 Å². The van der Waals surface area contributed by atoms with Crippen LogP contribution in [0.4, 0.5) is 13.2 Å². The molecule has 1 heterocycles. The van der Waals surface area contributed by atoms with Gasteiger partial charge >= 0.3 is 6.18 Å². The third kappa shape index (κ3) is 2.16. The molecular formula is C10H12F3N3. The van der Waals surface area contributed by atoms with E-state index in [1.165, 1.54) is 0 Å². The van der Waals surface area contributed by atoms with Gasteiger partial charge in [0.1, 0.15) is 11.4 Å². The lowest BCUT2D eigenvalue weighted by Gasteiger charge is -2.20. The molecule has 1 aromatic rings. The van der Waals surface area contributed by atoms with Crippen LogP contribution in [0, 0.1) is 6.92 Å². The van der Waals surface area contributed by atoms with Gasteiger partial charge in [0, 0.05) is 12.7 Å². The maximum atomic E-state index is 12.6. The second-order valence-electron chi connectivity index (χ2n) is 4.03. The van der Waals surface area contributed by atoms with E-state index in [1.807, 2.05) is 0 Å². The third-order valence-electron chi connectivity index (χ3n) is 2.73. The molecule has 16 heavy (non-hydrogen) atoms. The second-order valence-corrected chi connectivity index (χ2v) is 4.03. The zero-order valence-electron chi connectivity index (χ0n) is 8.80. The van der Waals surface area contributed by atoms with Crippen molar-refractivity contribution in [2.45, 2.75) is 38.0 Å². The van der Waals surface area contributed by atoms with Crippen molar-refractivity contribution in [3.63, 3.8) is 0 Å². The van der Waals surface area contributed by atoms with Gasteiger partial charge in [0.15, 0.2) is 0 Å². The van der Waals surface area contributed by atoms with E-state index in [0.29, 0.717) is 11.5 Å². The highest BCUT2D eigenvalue weighted by atomic mass is 19.4. The molecule has 2 rings (SSSR count). The largest absolute Gasteiger partial charge is 0.406 e. The minimum atomic E-state index is -4.17. The summed E-state index contributed by atoms with van der Waals surface area (Å²) >= 11 is 0. The Morgan fingerprint density at radius 3 is 2.62 bits per heavy atom. The highest BCUT2D eigenvalue weighted by Crippen LogP contribution is 2.48. The number of aryl methyl sites for hydroxylation is 1. The lowest BCUT2D eigenvalue weighted by Crippen LogP contribution is -2.44. The summed E-state index contributed by atoms with van der Waals surface area (Å²) in [6.45, 7) is 1.84. The van der Waals surface area contributed by atoms with Gasteiger partial charge < -0.3 is 0 Å². The second kappa shape index (κ2) is 3.69. The van der Waals surface area contributed by atoms with E-state index in [9.17, 15) is 13.2 Å². The Morgan fingerprint density at radius 2 is 2.12 bits per heavy atom. The molecule has 0 spiro atoms. The first-order valence-electron chi connectivity index (χ1n) is 5.03. The van der Waals surface area contributed by atoms with Crippen molar-refractivity contribution in [3.05, 3.63) is 23.8 Å². The normalized spacial score (nSPS) is 18.5. The Labute approximate surface area is 91.1 Å². The van der Waals surface area contributed by atoms with E-state index in [2.05, 4.69) is 15.3 Å². The minimum absolute atomic E-state index is 0.128. The van der Waals surface area contributed by atoms with E-state index in [-0.39, 0.29) is 19.4 Å². The fourth-order valence-corrected chi connectivity index (χ4v) is 1.55. The summed E-state index contributed by atoms with van der Waals surface area (Å²) in [5, 5.41) is 2.54. The average Bonchev–Trinajstić information content (AvgIpc) is 2.94. The number of halogens is 3. The molecule has 0 unspecified atom stereocenters. The number of nitrogens with one attached hydrogen (secondary N) is 1. The first-order chi connectivity index (χ1) is 7.43. The van der Waals surface area contributed by atoms with Crippen LogP contribution >= 0.6 is 0 Å². The fraction of sp³-hybridized carbons (Fsp3) is 0.600. The highest BCUT2D eigenvalue weighted by Gasteiger charge is 2.62. The van der Waals surface area contributed by atoms with Crippen LogP contribution in [0.2, 0.25) is 0 Å². The van der Waals surface area contributed by atoms with Gasteiger partial charge in [-0.2, -0.15) is 13.2 Å². The van der Waals surface area contributed by atoms with Gasteiger partial charge in [0.05, 0.1) is 5.69 Å². The first-order valence-corrected chi connectivity index (χ1v) is 5.03. The molecule has 1 fully saturated rings. The summed E-state index contributed by atoms with van der Waals surface area (Å²) in [4.78, 5) is 7.93.